The summed E-state index contributed by atoms with van der Waals surface area (Å²) >= 11 is 0. The van der Waals surface area contributed by atoms with Crippen molar-refractivity contribution in [1.29, 1.82) is 0 Å². The molecule has 1 heterocycles. The number of hydrogen-bond acceptors (Lipinski definition) is 4. The molecular weight excluding hydrogens is 308 g/mol. The standard InChI is InChI=1S/C18H24N2O4/c1-13(17(21)19-16-6-7-16)24-18(22)15-4-2-14(3-5-15)12-20-8-10-23-11-9-20/h2-5,13,16H,6-12H2,1H3,(H,19,21)/p+1/t13-/m0/s1. The summed E-state index contributed by atoms with van der Waals surface area (Å²) in [4.78, 5) is 25.5. The molecule has 0 spiro atoms. The normalized spacial score (nSPS) is 19.5. The minimum atomic E-state index is -0.768. The lowest BCUT2D eigenvalue weighted by Crippen LogP contribution is -3.12. The first-order valence-corrected chi connectivity index (χ1v) is 8.63. The first-order valence-electron chi connectivity index (χ1n) is 8.63. The second-order valence-corrected chi connectivity index (χ2v) is 6.57. The van der Waals surface area contributed by atoms with E-state index in [1.54, 1.807) is 19.1 Å². The van der Waals surface area contributed by atoms with Gasteiger partial charge < -0.3 is 19.7 Å². The summed E-state index contributed by atoms with van der Waals surface area (Å²) in [5.41, 5.74) is 1.66. The van der Waals surface area contributed by atoms with Crippen molar-refractivity contribution in [2.45, 2.75) is 38.5 Å². The first kappa shape index (κ1) is 16.9. The fraction of sp³-hybridized carbons (Fsp3) is 0.556. The molecule has 0 unspecified atom stereocenters. The number of amides is 1. The van der Waals surface area contributed by atoms with Crippen LogP contribution in [-0.2, 0) is 20.8 Å². The van der Waals surface area contributed by atoms with E-state index in [2.05, 4.69) is 5.32 Å². The number of quaternary nitrogens is 1. The average molecular weight is 333 g/mol. The smallest absolute Gasteiger partial charge is 0.338 e. The molecule has 0 radical (unpaired) electrons. The Bertz CT molecular complexity index is 577. The number of carbonyl (C=O) groups excluding carboxylic acids is 2. The molecule has 1 aromatic rings. The molecule has 3 rings (SSSR count). The van der Waals surface area contributed by atoms with Gasteiger partial charge in [-0.2, -0.15) is 0 Å². The molecule has 1 atom stereocenters. The maximum atomic E-state index is 12.1. The van der Waals surface area contributed by atoms with Crippen LogP contribution in [0.25, 0.3) is 0 Å². The van der Waals surface area contributed by atoms with Gasteiger partial charge in [-0.3, -0.25) is 4.79 Å². The molecule has 0 aromatic heterocycles. The number of nitrogens with one attached hydrogen (secondary N) is 2. The Balaban J connectivity index is 1.50. The third-order valence-electron chi connectivity index (χ3n) is 4.42. The first-order chi connectivity index (χ1) is 11.6. The number of morpholine rings is 1. The molecule has 2 N–H and O–H groups in total. The van der Waals surface area contributed by atoms with Crippen LogP contribution in [0.3, 0.4) is 0 Å². The van der Waals surface area contributed by atoms with Crippen LogP contribution in [0.5, 0.6) is 0 Å². The van der Waals surface area contributed by atoms with E-state index in [4.69, 9.17) is 9.47 Å². The molecule has 1 aliphatic carbocycles. The van der Waals surface area contributed by atoms with E-state index in [9.17, 15) is 9.59 Å². The quantitative estimate of drug-likeness (QED) is 0.715. The van der Waals surface area contributed by atoms with Gasteiger partial charge in [0.05, 0.1) is 18.8 Å². The zero-order valence-electron chi connectivity index (χ0n) is 14.0. The number of ether oxygens (including phenoxy) is 2. The lowest BCUT2D eigenvalue weighted by molar-refractivity contribution is -0.921. The van der Waals surface area contributed by atoms with Gasteiger partial charge in [-0.05, 0) is 31.9 Å². The Kier molecular flexibility index (Phi) is 5.48. The van der Waals surface area contributed by atoms with Gasteiger partial charge >= 0.3 is 5.97 Å². The zero-order chi connectivity index (χ0) is 16.9. The number of benzene rings is 1. The van der Waals surface area contributed by atoms with E-state index in [-0.39, 0.29) is 11.9 Å². The number of carbonyl (C=O) groups is 2. The van der Waals surface area contributed by atoms with Gasteiger partial charge in [0.15, 0.2) is 6.10 Å². The van der Waals surface area contributed by atoms with Gasteiger partial charge in [0.2, 0.25) is 0 Å². The van der Waals surface area contributed by atoms with Crippen LogP contribution in [0.1, 0.15) is 35.7 Å². The summed E-state index contributed by atoms with van der Waals surface area (Å²) in [6.45, 7) is 6.17. The van der Waals surface area contributed by atoms with Crippen LogP contribution >= 0.6 is 0 Å². The van der Waals surface area contributed by atoms with E-state index in [1.807, 2.05) is 12.1 Å². The summed E-state index contributed by atoms with van der Waals surface area (Å²) < 4.78 is 10.6. The van der Waals surface area contributed by atoms with Crippen LogP contribution in [0.15, 0.2) is 24.3 Å². The highest BCUT2D eigenvalue weighted by Crippen LogP contribution is 2.19. The van der Waals surface area contributed by atoms with Crippen molar-refractivity contribution < 1.29 is 24.0 Å². The van der Waals surface area contributed by atoms with E-state index in [0.29, 0.717) is 5.56 Å². The summed E-state index contributed by atoms with van der Waals surface area (Å²) in [6, 6.07) is 7.70. The van der Waals surface area contributed by atoms with Crippen LogP contribution in [0.2, 0.25) is 0 Å². The number of rotatable bonds is 6. The van der Waals surface area contributed by atoms with Gasteiger partial charge in [0, 0.05) is 11.6 Å². The second kappa shape index (κ2) is 7.77. The molecule has 1 aliphatic heterocycles. The molecule has 1 saturated heterocycles. The SMILES string of the molecule is C[C@H](OC(=O)c1ccc(C[NH+]2CCOCC2)cc1)C(=O)NC1CC1. The lowest BCUT2D eigenvalue weighted by Gasteiger charge is -2.23. The third-order valence-corrected chi connectivity index (χ3v) is 4.42. The lowest BCUT2D eigenvalue weighted by atomic mass is 10.1. The molecule has 2 fully saturated rings. The van der Waals surface area contributed by atoms with Crippen LogP contribution in [0, 0.1) is 0 Å². The minimum absolute atomic E-state index is 0.224. The van der Waals surface area contributed by atoms with Crippen molar-refractivity contribution in [2.75, 3.05) is 26.3 Å². The molecule has 1 aromatic carbocycles. The number of hydrogen-bond donors (Lipinski definition) is 2. The molecule has 0 bridgehead atoms. The van der Waals surface area contributed by atoms with Crippen molar-refractivity contribution in [2.24, 2.45) is 0 Å². The molecule has 6 heteroatoms. The van der Waals surface area contributed by atoms with Gasteiger partial charge in [-0.25, -0.2) is 4.79 Å². The highest BCUT2D eigenvalue weighted by Gasteiger charge is 2.27. The Hall–Kier alpha value is -1.92. The van der Waals surface area contributed by atoms with Gasteiger partial charge in [0.25, 0.3) is 5.91 Å². The fourth-order valence-electron chi connectivity index (χ4n) is 2.71. The van der Waals surface area contributed by atoms with Gasteiger partial charge in [-0.15, -0.1) is 0 Å². The molecule has 24 heavy (non-hydrogen) atoms. The molecule has 6 nitrogen and oxygen atoms in total. The predicted molar refractivity (Wildman–Crippen MR) is 87.7 cm³/mol. The summed E-state index contributed by atoms with van der Waals surface area (Å²) in [6.07, 6.45) is 1.26. The highest BCUT2D eigenvalue weighted by atomic mass is 16.5. The van der Waals surface area contributed by atoms with Gasteiger partial charge in [0.1, 0.15) is 19.6 Å². The maximum absolute atomic E-state index is 12.1. The Morgan fingerprint density at radius 1 is 1.25 bits per heavy atom. The van der Waals surface area contributed by atoms with Gasteiger partial charge in [-0.1, -0.05) is 12.1 Å². The summed E-state index contributed by atoms with van der Waals surface area (Å²) in [7, 11) is 0. The monoisotopic (exact) mass is 333 g/mol. The molecule has 1 amide bonds. The second-order valence-electron chi connectivity index (χ2n) is 6.57. The summed E-state index contributed by atoms with van der Waals surface area (Å²) in [5.74, 6) is -0.683. The zero-order valence-corrected chi connectivity index (χ0v) is 14.0. The molecular formula is C18H25N2O4+. The van der Waals surface area contributed by atoms with Crippen LogP contribution in [0.4, 0.5) is 0 Å². The topological polar surface area (TPSA) is 69.1 Å². The Morgan fingerprint density at radius 3 is 2.54 bits per heavy atom. The average Bonchev–Trinajstić information content (AvgIpc) is 3.40. The molecule has 130 valence electrons. The van der Waals surface area contributed by atoms with Crippen molar-refractivity contribution in [3.63, 3.8) is 0 Å². The van der Waals surface area contributed by atoms with Crippen molar-refractivity contribution >= 4 is 11.9 Å². The maximum Gasteiger partial charge on any atom is 0.338 e. The Labute approximate surface area is 142 Å². The van der Waals surface area contributed by atoms with E-state index in [0.717, 1.165) is 45.7 Å². The van der Waals surface area contributed by atoms with E-state index >= 15 is 0 Å². The van der Waals surface area contributed by atoms with E-state index in [1.165, 1.54) is 10.5 Å². The van der Waals surface area contributed by atoms with E-state index < -0.39 is 12.1 Å². The molecule has 1 saturated carbocycles. The number of esters is 1. The van der Waals surface area contributed by atoms with Crippen molar-refractivity contribution in [3.8, 4) is 0 Å². The molecule has 2 aliphatic rings. The predicted octanol–water partition coefficient (Wildman–Crippen LogP) is -0.0744. The highest BCUT2D eigenvalue weighted by molar-refractivity contribution is 5.92. The van der Waals surface area contributed by atoms with Crippen molar-refractivity contribution in [3.05, 3.63) is 35.4 Å². The minimum Gasteiger partial charge on any atom is -0.449 e. The van der Waals surface area contributed by atoms with Crippen LogP contribution < -0.4 is 10.2 Å². The van der Waals surface area contributed by atoms with Crippen LogP contribution in [-0.4, -0.2) is 50.3 Å². The fourth-order valence-corrected chi connectivity index (χ4v) is 2.71. The largest absolute Gasteiger partial charge is 0.449 e. The third kappa shape index (κ3) is 4.79. The van der Waals surface area contributed by atoms with Crippen molar-refractivity contribution in [1.82, 2.24) is 5.32 Å². The Morgan fingerprint density at radius 2 is 1.92 bits per heavy atom. The summed E-state index contributed by atoms with van der Waals surface area (Å²) in [5, 5.41) is 2.84.